The summed E-state index contributed by atoms with van der Waals surface area (Å²) in [6.45, 7) is 1.91. The highest BCUT2D eigenvalue weighted by Gasteiger charge is 2.70. The highest BCUT2D eigenvalue weighted by molar-refractivity contribution is 5.52. The summed E-state index contributed by atoms with van der Waals surface area (Å²) in [5, 5.41) is 8.13. The Hall–Kier alpha value is -3.31. The number of hydrogen-bond acceptors (Lipinski definition) is 5. The molecule has 1 spiro atoms. The lowest BCUT2D eigenvalue weighted by molar-refractivity contribution is -0.141. The number of nitrogens with one attached hydrogen (secondary N) is 1. The number of fused-ring (bicyclic) bond motifs is 1. The SMILES string of the molecule is Fc1ccc(C2CCCCn3nc(N[C@@H]4C5CCC56CN(c5ccnc(C(F)(F)F)c5)C[C@@H]46)nc32)c(F)c1F. The largest absolute Gasteiger partial charge is 0.433 e. The predicted molar refractivity (Wildman–Crippen MR) is 130 cm³/mol. The van der Waals surface area contributed by atoms with Crippen molar-refractivity contribution in [1.82, 2.24) is 19.7 Å². The molecular formula is C27H26F6N6. The van der Waals surface area contributed by atoms with Gasteiger partial charge in [-0.2, -0.15) is 18.2 Å². The van der Waals surface area contributed by atoms with E-state index in [0.717, 1.165) is 37.8 Å². The molecule has 1 saturated heterocycles. The molecule has 2 aliphatic heterocycles. The maximum Gasteiger partial charge on any atom is 0.433 e. The number of anilines is 2. The first-order chi connectivity index (χ1) is 18.7. The molecule has 1 aromatic carbocycles. The average Bonchev–Trinajstić information content (AvgIpc) is 3.43. The van der Waals surface area contributed by atoms with Gasteiger partial charge in [0, 0.05) is 55.0 Å². The van der Waals surface area contributed by atoms with Crippen LogP contribution in [0.25, 0.3) is 0 Å². The number of aromatic nitrogens is 4. The number of rotatable bonds is 4. The van der Waals surface area contributed by atoms with E-state index < -0.39 is 35.2 Å². The first-order valence-corrected chi connectivity index (χ1v) is 13.3. The molecule has 7 rings (SSSR count). The lowest BCUT2D eigenvalue weighted by atomic mass is 9.41. The average molecular weight is 549 g/mol. The van der Waals surface area contributed by atoms with Crippen molar-refractivity contribution < 1.29 is 26.3 Å². The fourth-order valence-electron chi connectivity index (χ4n) is 7.46. The van der Waals surface area contributed by atoms with Gasteiger partial charge in [-0.15, -0.1) is 5.10 Å². The Bertz CT molecular complexity index is 1440. The third-order valence-corrected chi connectivity index (χ3v) is 9.43. The Morgan fingerprint density at radius 1 is 1.00 bits per heavy atom. The van der Waals surface area contributed by atoms with Gasteiger partial charge in [-0.3, -0.25) is 4.98 Å². The smallest absolute Gasteiger partial charge is 0.370 e. The molecule has 12 heteroatoms. The predicted octanol–water partition coefficient (Wildman–Crippen LogP) is 5.75. The molecule has 2 saturated carbocycles. The molecule has 1 N–H and O–H groups in total. The van der Waals surface area contributed by atoms with E-state index in [-0.39, 0.29) is 22.9 Å². The molecule has 0 amide bonds. The van der Waals surface area contributed by atoms with Crippen LogP contribution in [0.5, 0.6) is 0 Å². The summed E-state index contributed by atoms with van der Waals surface area (Å²) >= 11 is 0. The summed E-state index contributed by atoms with van der Waals surface area (Å²) in [6, 6.07) is 5.02. The van der Waals surface area contributed by atoms with Gasteiger partial charge in [-0.1, -0.05) is 12.5 Å². The normalized spacial score (nSPS) is 29.5. The van der Waals surface area contributed by atoms with Crippen LogP contribution in [-0.2, 0) is 12.7 Å². The van der Waals surface area contributed by atoms with Crippen LogP contribution in [0.15, 0.2) is 30.5 Å². The molecular weight excluding hydrogens is 522 g/mol. The molecule has 3 fully saturated rings. The summed E-state index contributed by atoms with van der Waals surface area (Å²) in [4.78, 5) is 10.2. The summed E-state index contributed by atoms with van der Waals surface area (Å²) in [7, 11) is 0. The zero-order valence-electron chi connectivity index (χ0n) is 20.9. The third kappa shape index (κ3) is 3.73. The number of alkyl halides is 3. The van der Waals surface area contributed by atoms with Crippen molar-refractivity contribution in [2.24, 2.45) is 17.3 Å². The van der Waals surface area contributed by atoms with E-state index in [1.165, 1.54) is 12.3 Å². The molecule has 3 aromatic rings. The van der Waals surface area contributed by atoms with Crippen LogP contribution in [0.2, 0.25) is 0 Å². The Balaban J connectivity index is 1.13. The molecule has 39 heavy (non-hydrogen) atoms. The van der Waals surface area contributed by atoms with E-state index in [1.54, 1.807) is 10.7 Å². The number of halogens is 6. The van der Waals surface area contributed by atoms with Gasteiger partial charge < -0.3 is 10.2 Å². The summed E-state index contributed by atoms with van der Waals surface area (Å²) < 4.78 is 83.7. The maximum atomic E-state index is 14.7. The molecule has 5 atom stereocenters. The van der Waals surface area contributed by atoms with Gasteiger partial charge >= 0.3 is 6.18 Å². The fourth-order valence-corrected chi connectivity index (χ4v) is 7.46. The Kier molecular flexibility index (Phi) is 5.44. The van der Waals surface area contributed by atoms with E-state index in [0.29, 0.717) is 49.4 Å². The number of nitrogens with zero attached hydrogens (tertiary/aromatic N) is 5. The molecule has 6 nitrogen and oxygen atoms in total. The van der Waals surface area contributed by atoms with Crippen molar-refractivity contribution in [3.8, 4) is 0 Å². The molecule has 2 aromatic heterocycles. The van der Waals surface area contributed by atoms with Gasteiger partial charge in [0.15, 0.2) is 17.5 Å². The quantitative estimate of drug-likeness (QED) is 0.332. The van der Waals surface area contributed by atoms with Crippen molar-refractivity contribution in [3.05, 3.63) is 65.0 Å². The van der Waals surface area contributed by atoms with Crippen LogP contribution < -0.4 is 10.2 Å². The van der Waals surface area contributed by atoms with Crippen LogP contribution in [0.1, 0.15) is 55.1 Å². The lowest BCUT2D eigenvalue weighted by Gasteiger charge is -2.65. The summed E-state index contributed by atoms with van der Waals surface area (Å²) in [6.07, 6.45) is 0.864. The minimum absolute atomic E-state index is 0.0630. The fraction of sp³-hybridized carbons (Fsp3) is 0.519. The van der Waals surface area contributed by atoms with E-state index in [9.17, 15) is 26.3 Å². The van der Waals surface area contributed by atoms with Crippen molar-refractivity contribution in [2.45, 2.75) is 56.8 Å². The highest BCUT2D eigenvalue weighted by atomic mass is 19.4. The first-order valence-electron chi connectivity index (χ1n) is 13.3. The third-order valence-electron chi connectivity index (χ3n) is 9.43. The van der Waals surface area contributed by atoms with Crippen molar-refractivity contribution in [1.29, 1.82) is 0 Å². The van der Waals surface area contributed by atoms with Gasteiger partial charge in [0.1, 0.15) is 11.5 Å². The molecule has 4 heterocycles. The van der Waals surface area contributed by atoms with Crippen LogP contribution >= 0.6 is 0 Å². The van der Waals surface area contributed by atoms with E-state index in [1.807, 2.05) is 4.90 Å². The summed E-state index contributed by atoms with van der Waals surface area (Å²) in [5.41, 5.74) is -0.242. The molecule has 0 bridgehead atoms. The first kappa shape index (κ1) is 24.7. The highest BCUT2D eigenvalue weighted by Crippen LogP contribution is 2.68. The zero-order chi connectivity index (χ0) is 27.1. The van der Waals surface area contributed by atoms with Crippen LogP contribution in [0, 0.1) is 34.7 Å². The zero-order valence-corrected chi connectivity index (χ0v) is 20.9. The number of pyridine rings is 1. The van der Waals surface area contributed by atoms with Gasteiger partial charge in [-0.25, -0.2) is 17.9 Å². The number of aryl methyl sites for hydroxylation is 1. The van der Waals surface area contributed by atoms with E-state index in [4.69, 9.17) is 4.98 Å². The van der Waals surface area contributed by atoms with E-state index in [2.05, 4.69) is 15.4 Å². The monoisotopic (exact) mass is 548 g/mol. The van der Waals surface area contributed by atoms with Crippen LogP contribution in [0.4, 0.5) is 38.0 Å². The molecule has 2 aliphatic carbocycles. The van der Waals surface area contributed by atoms with Gasteiger partial charge in [0.05, 0.1) is 0 Å². The Labute approximate surface area is 220 Å². The second-order valence-electron chi connectivity index (χ2n) is 11.3. The number of benzene rings is 1. The molecule has 4 aliphatic rings. The maximum absolute atomic E-state index is 14.7. The van der Waals surface area contributed by atoms with Crippen molar-refractivity contribution in [2.75, 3.05) is 23.3 Å². The minimum atomic E-state index is -4.50. The number of hydrogen-bond donors (Lipinski definition) is 1. The van der Waals surface area contributed by atoms with Crippen molar-refractivity contribution in [3.63, 3.8) is 0 Å². The van der Waals surface area contributed by atoms with Crippen molar-refractivity contribution >= 4 is 11.6 Å². The standard InChI is InChI=1S/C27H26F6N6/c28-19-5-4-15(21(29)22(19)30)16-3-1-2-10-39-24(16)36-25(37-39)35-23-17-6-8-26(17)13-38(12-18(23)26)14-7-9-34-20(11-14)27(31,32)33/h4-5,7,9,11,16-18,23H,1-3,6,8,10,12-13H2,(H,35,37)/t16?,17?,18-,23+,26?/m0/s1. The Morgan fingerprint density at radius 3 is 2.62 bits per heavy atom. The van der Waals surface area contributed by atoms with Gasteiger partial charge in [-0.05, 0) is 55.2 Å². The molecule has 3 unspecified atom stereocenters. The Morgan fingerprint density at radius 2 is 1.85 bits per heavy atom. The van der Waals surface area contributed by atoms with Gasteiger partial charge in [0.2, 0.25) is 5.95 Å². The van der Waals surface area contributed by atoms with E-state index >= 15 is 0 Å². The van der Waals surface area contributed by atoms with Crippen LogP contribution in [-0.4, -0.2) is 38.9 Å². The summed E-state index contributed by atoms with van der Waals surface area (Å²) in [5.74, 6) is -2.95. The minimum Gasteiger partial charge on any atom is -0.370 e. The topological polar surface area (TPSA) is 58.9 Å². The molecule has 0 radical (unpaired) electrons. The van der Waals surface area contributed by atoms with Gasteiger partial charge in [0.25, 0.3) is 0 Å². The lowest BCUT2D eigenvalue weighted by Crippen LogP contribution is -2.68. The molecule has 206 valence electrons. The second-order valence-corrected chi connectivity index (χ2v) is 11.3. The second kappa shape index (κ2) is 8.59. The van der Waals surface area contributed by atoms with Crippen LogP contribution in [0.3, 0.4) is 0 Å².